The van der Waals surface area contributed by atoms with E-state index >= 15 is 0 Å². The Morgan fingerprint density at radius 2 is 2.21 bits per heavy atom. The Kier molecular flexibility index (Phi) is 3.43. The number of hydrogen-bond donors (Lipinski definition) is 2. The van der Waals surface area contributed by atoms with Crippen LogP contribution in [0.2, 0.25) is 0 Å². The summed E-state index contributed by atoms with van der Waals surface area (Å²) in [6, 6.07) is 3.33. The first-order valence-corrected chi connectivity index (χ1v) is 5.73. The van der Waals surface area contributed by atoms with Crippen LogP contribution in [-0.4, -0.2) is 30.9 Å². The molecule has 5 nitrogen and oxygen atoms in total. The highest BCUT2D eigenvalue weighted by Crippen LogP contribution is 2.05. The molecule has 0 radical (unpaired) electrons. The second-order valence-corrected chi connectivity index (χ2v) is 4.71. The minimum Gasteiger partial charge on any atom is -0.395 e. The summed E-state index contributed by atoms with van der Waals surface area (Å²) < 4.78 is 24.6. The van der Waals surface area contributed by atoms with Crippen molar-refractivity contribution in [2.75, 3.05) is 17.1 Å². The molecule has 0 atom stereocenters. The van der Waals surface area contributed by atoms with Gasteiger partial charge < -0.3 is 5.11 Å². The maximum atomic E-state index is 11.2. The lowest BCUT2D eigenvalue weighted by Crippen LogP contribution is -2.19. The van der Waals surface area contributed by atoms with Crippen molar-refractivity contribution < 1.29 is 13.5 Å². The Labute approximate surface area is 82.9 Å². The zero-order chi connectivity index (χ0) is 10.6. The number of pyridine rings is 1. The molecule has 0 bridgehead atoms. The van der Waals surface area contributed by atoms with Crippen LogP contribution < -0.4 is 4.72 Å². The van der Waals surface area contributed by atoms with Crippen LogP contribution in [0.25, 0.3) is 0 Å². The minimum atomic E-state index is -3.46. The second-order valence-electron chi connectivity index (χ2n) is 2.87. The number of aromatic nitrogens is 1. The van der Waals surface area contributed by atoms with Gasteiger partial charge in [0.1, 0.15) is 5.82 Å². The number of aryl methyl sites for hydroxylation is 1. The number of rotatable bonds is 4. The summed E-state index contributed by atoms with van der Waals surface area (Å²) in [6.07, 6.45) is 1.57. The highest BCUT2D eigenvalue weighted by Gasteiger charge is 2.09. The van der Waals surface area contributed by atoms with Gasteiger partial charge in [-0.3, -0.25) is 4.72 Å². The molecule has 1 aromatic rings. The minimum absolute atomic E-state index is 0.268. The van der Waals surface area contributed by atoms with Crippen LogP contribution in [0.1, 0.15) is 5.56 Å². The smallest absolute Gasteiger partial charge is 0.236 e. The zero-order valence-corrected chi connectivity index (χ0v) is 8.58. The lowest BCUT2D eigenvalue weighted by molar-refractivity contribution is 0.320. The Balaban J connectivity index is 2.74. The maximum Gasteiger partial charge on any atom is 0.236 e. The molecule has 6 heteroatoms. The zero-order valence-electron chi connectivity index (χ0n) is 7.77. The van der Waals surface area contributed by atoms with E-state index in [1.165, 1.54) is 0 Å². The van der Waals surface area contributed by atoms with Crippen LogP contribution in [0.5, 0.6) is 0 Å². The first-order valence-electron chi connectivity index (χ1n) is 4.07. The van der Waals surface area contributed by atoms with Crippen LogP contribution in [0.15, 0.2) is 18.3 Å². The molecule has 0 saturated heterocycles. The molecule has 0 saturated carbocycles. The molecule has 0 amide bonds. The van der Waals surface area contributed by atoms with Gasteiger partial charge in [-0.25, -0.2) is 13.4 Å². The average Bonchev–Trinajstić information content (AvgIpc) is 2.08. The quantitative estimate of drug-likeness (QED) is 0.749. The Morgan fingerprint density at radius 3 is 2.71 bits per heavy atom. The number of nitrogens with zero attached hydrogens (tertiary/aromatic N) is 1. The Bertz CT molecular complexity index is 386. The Morgan fingerprint density at radius 1 is 1.50 bits per heavy atom. The molecule has 1 aromatic heterocycles. The third kappa shape index (κ3) is 3.31. The molecule has 0 aliphatic heterocycles. The van der Waals surface area contributed by atoms with Crippen LogP contribution in [0.3, 0.4) is 0 Å². The second kappa shape index (κ2) is 4.39. The molecule has 78 valence electrons. The number of aliphatic hydroxyl groups excluding tert-OH is 1. The number of aliphatic hydroxyl groups is 1. The molecule has 0 unspecified atom stereocenters. The van der Waals surface area contributed by atoms with E-state index in [1.54, 1.807) is 18.3 Å². The topological polar surface area (TPSA) is 79.3 Å². The molecule has 2 N–H and O–H groups in total. The van der Waals surface area contributed by atoms with Gasteiger partial charge in [0.25, 0.3) is 0 Å². The molecule has 0 fully saturated rings. The molecule has 1 rings (SSSR count). The average molecular weight is 216 g/mol. The highest BCUT2D eigenvalue weighted by atomic mass is 32.2. The predicted octanol–water partition coefficient (Wildman–Crippen LogP) is 0.124. The van der Waals surface area contributed by atoms with E-state index in [-0.39, 0.29) is 11.6 Å². The first-order chi connectivity index (χ1) is 6.53. The van der Waals surface area contributed by atoms with Gasteiger partial charge >= 0.3 is 0 Å². The largest absolute Gasteiger partial charge is 0.395 e. The summed E-state index contributed by atoms with van der Waals surface area (Å²) in [5.74, 6) is -0.0493. The van der Waals surface area contributed by atoms with Crippen molar-refractivity contribution in [3.05, 3.63) is 23.9 Å². The molecular formula is C8H12N2O3S. The summed E-state index contributed by atoms with van der Waals surface area (Å²) in [4.78, 5) is 3.87. The fourth-order valence-electron chi connectivity index (χ4n) is 0.859. The van der Waals surface area contributed by atoms with Gasteiger partial charge in [-0.05, 0) is 18.6 Å². The molecule has 14 heavy (non-hydrogen) atoms. The van der Waals surface area contributed by atoms with Gasteiger partial charge in [0.2, 0.25) is 10.0 Å². The van der Waals surface area contributed by atoms with Crippen molar-refractivity contribution in [3.8, 4) is 0 Å². The summed E-state index contributed by atoms with van der Waals surface area (Å²) >= 11 is 0. The van der Waals surface area contributed by atoms with E-state index in [0.29, 0.717) is 0 Å². The van der Waals surface area contributed by atoms with E-state index in [9.17, 15) is 8.42 Å². The van der Waals surface area contributed by atoms with E-state index in [0.717, 1.165) is 5.56 Å². The van der Waals surface area contributed by atoms with Crippen molar-refractivity contribution >= 4 is 15.8 Å². The molecule has 1 heterocycles. The van der Waals surface area contributed by atoms with E-state index < -0.39 is 16.6 Å². The van der Waals surface area contributed by atoms with Crippen LogP contribution in [0, 0.1) is 6.92 Å². The number of hydrogen-bond acceptors (Lipinski definition) is 4. The van der Waals surface area contributed by atoms with Crippen molar-refractivity contribution in [2.24, 2.45) is 0 Å². The van der Waals surface area contributed by atoms with Crippen LogP contribution in [-0.2, 0) is 10.0 Å². The molecule has 0 aliphatic rings. The van der Waals surface area contributed by atoms with Gasteiger partial charge in [0.05, 0.1) is 12.4 Å². The van der Waals surface area contributed by atoms with E-state index in [1.807, 2.05) is 6.92 Å². The monoisotopic (exact) mass is 216 g/mol. The summed E-state index contributed by atoms with van der Waals surface area (Å²) in [5, 5.41) is 8.48. The van der Waals surface area contributed by atoms with Crippen LogP contribution >= 0.6 is 0 Å². The normalized spacial score (nSPS) is 11.3. The predicted molar refractivity (Wildman–Crippen MR) is 53.5 cm³/mol. The number of nitrogens with one attached hydrogen (secondary N) is 1. The maximum absolute atomic E-state index is 11.2. The fraction of sp³-hybridized carbons (Fsp3) is 0.375. The molecule has 0 aromatic carbocycles. The van der Waals surface area contributed by atoms with E-state index in [2.05, 4.69) is 9.71 Å². The van der Waals surface area contributed by atoms with Gasteiger partial charge in [0, 0.05) is 6.20 Å². The molecular weight excluding hydrogens is 204 g/mol. The first kappa shape index (κ1) is 10.9. The van der Waals surface area contributed by atoms with Crippen molar-refractivity contribution in [2.45, 2.75) is 6.92 Å². The fourth-order valence-corrected chi connectivity index (χ4v) is 1.64. The summed E-state index contributed by atoms with van der Waals surface area (Å²) in [7, 11) is -3.46. The highest BCUT2D eigenvalue weighted by molar-refractivity contribution is 7.92. The Hall–Kier alpha value is -1.14. The number of anilines is 1. The third-order valence-corrected chi connectivity index (χ3v) is 2.77. The van der Waals surface area contributed by atoms with E-state index in [4.69, 9.17) is 5.11 Å². The van der Waals surface area contributed by atoms with Crippen LogP contribution in [0.4, 0.5) is 5.82 Å². The standard InChI is InChI=1S/C8H12N2O3S/c1-7-2-3-8(9-6-7)10-14(12,13)5-4-11/h2-3,6,11H,4-5H2,1H3,(H,9,10). The molecule has 0 spiro atoms. The summed E-state index contributed by atoms with van der Waals surface area (Å²) in [6.45, 7) is 1.46. The lowest BCUT2D eigenvalue weighted by atomic mass is 10.3. The van der Waals surface area contributed by atoms with Crippen molar-refractivity contribution in [1.29, 1.82) is 0 Å². The van der Waals surface area contributed by atoms with Gasteiger partial charge in [-0.15, -0.1) is 0 Å². The van der Waals surface area contributed by atoms with Crippen molar-refractivity contribution in [3.63, 3.8) is 0 Å². The van der Waals surface area contributed by atoms with Crippen molar-refractivity contribution in [1.82, 2.24) is 4.98 Å². The van der Waals surface area contributed by atoms with Gasteiger partial charge in [-0.1, -0.05) is 6.07 Å². The SMILES string of the molecule is Cc1ccc(NS(=O)(=O)CCO)nc1. The summed E-state index contributed by atoms with van der Waals surface area (Å²) in [5.41, 5.74) is 0.954. The van der Waals surface area contributed by atoms with Gasteiger partial charge in [0.15, 0.2) is 0 Å². The molecule has 0 aliphatic carbocycles. The van der Waals surface area contributed by atoms with Gasteiger partial charge in [-0.2, -0.15) is 0 Å². The third-order valence-electron chi connectivity index (χ3n) is 1.53. The lowest BCUT2D eigenvalue weighted by Gasteiger charge is -2.05. The number of sulfonamides is 1.